The molecule has 0 aliphatic heterocycles. The fourth-order valence-electron chi connectivity index (χ4n) is 2.10. The van der Waals surface area contributed by atoms with Gasteiger partial charge in [-0.3, -0.25) is 10.7 Å². The Hall–Kier alpha value is -1.42. The lowest BCUT2D eigenvalue weighted by atomic mass is 10.0. The number of nitrogens with zero attached hydrogens (tertiary/aromatic N) is 1. The molecule has 0 aliphatic rings. The molecule has 0 heterocycles. The lowest BCUT2D eigenvalue weighted by molar-refractivity contribution is 0.253. The minimum atomic E-state index is 0.0423. The summed E-state index contributed by atoms with van der Waals surface area (Å²) in [5.74, 6) is 5.58. The van der Waals surface area contributed by atoms with Crippen molar-refractivity contribution in [3.05, 3.63) is 47.5 Å². The van der Waals surface area contributed by atoms with Gasteiger partial charge >= 0.3 is 0 Å². The van der Waals surface area contributed by atoms with Crippen molar-refractivity contribution in [1.82, 2.24) is 10.3 Å². The average Bonchev–Trinajstić information content (AvgIpc) is 2.29. The number of nitrogens with two attached hydrogens (primary N) is 1. The van der Waals surface area contributed by atoms with Crippen LogP contribution in [0.15, 0.2) is 36.4 Å². The summed E-state index contributed by atoms with van der Waals surface area (Å²) in [5, 5.41) is 2.51. The molecule has 2 aromatic rings. The van der Waals surface area contributed by atoms with Crippen LogP contribution in [0.25, 0.3) is 10.8 Å². The first-order chi connectivity index (χ1) is 8.11. The van der Waals surface area contributed by atoms with Gasteiger partial charge in [0.25, 0.3) is 0 Å². The minimum absolute atomic E-state index is 0.0423. The molecule has 0 amide bonds. The van der Waals surface area contributed by atoms with Crippen molar-refractivity contribution >= 4 is 10.8 Å². The SMILES string of the molecule is Cc1ccc2cc(C(NN)N(C)C)ccc2c1. The standard InChI is InChI=1S/C14H19N3/c1-10-4-5-12-9-13(7-6-11(12)8-10)14(16-15)17(2)3/h4-9,14,16H,15H2,1-3H3. The minimum Gasteiger partial charge on any atom is -0.289 e. The van der Waals surface area contributed by atoms with E-state index < -0.39 is 0 Å². The number of benzene rings is 2. The summed E-state index contributed by atoms with van der Waals surface area (Å²) in [7, 11) is 4.01. The van der Waals surface area contributed by atoms with Gasteiger partial charge in [-0.2, -0.15) is 0 Å². The first-order valence-electron chi connectivity index (χ1n) is 5.74. The van der Waals surface area contributed by atoms with E-state index >= 15 is 0 Å². The summed E-state index contributed by atoms with van der Waals surface area (Å²) in [4.78, 5) is 2.05. The Labute approximate surface area is 102 Å². The van der Waals surface area contributed by atoms with Crippen molar-refractivity contribution in [2.24, 2.45) is 5.84 Å². The summed E-state index contributed by atoms with van der Waals surface area (Å²) < 4.78 is 0. The molecule has 1 atom stereocenters. The highest BCUT2D eigenvalue weighted by Gasteiger charge is 2.11. The Kier molecular flexibility index (Phi) is 3.43. The van der Waals surface area contributed by atoms with Crippen LogP contribution in [0, 0.1) is 6.92 Å². The number of hydrazine groups is 1. The molecule has 3 nitrogen and oxygen atoms in total. The van der Waals surface area contributed by atoms with Crippen molar-refractivity contribution in [1.29, 1.82) is 0 Å². The van der Waals surface area contributed by atoms with E-state index in [1.54, 1.807) is 0 Å². The maximum atomic E-state index is 5.58. The van der Waals surface area contributed by atoms with Crippen LogP contribution >= 0.6 is 0 Å². The van der Waals surface area contributed by atoms with Crippen molar-refractivity contribution in [3.8, 4) is 0 Å². The molecule has 3 N–H and O–H groups in total. The molecular formula is C14H19N3. The lowest BCUT2D eigenvalue weighted by Crippen LogP contribution is -2.37. The zero-order valence-corrected chi connectivity index (χ0v) is 10.6. The number of hydrogen-bond acceptors (Lipinski definition) is 3. The maximum absolute atomic E-state index is 5.58. The molecule has 0 fully saturated rings. The number of nitrogens with one attached hydrogen (secondary N) is 1. The summed E-state index contributed by atoms with van der Waals surface area (Å²) in [6.45, 7) is 2.11. The van der Waals surface area contributed by atoms with Crippen molar-refractivity contribution in [2.75, 3.05) is 14.1 Å². The van der Waals surface area contributed by atoms with Gasteiger partial charge in [0.1, 0.15) is 0 Å². The molecule has 2 rings (SSSR count). The molecule has 0 aromatic heterocycles. The van der Waals surface area contributed by atoms with Crippen LogP contribution in [0.4, 0.5) is 0 Å². The monoisotopic (exact) mass is 229 g/mol. The maximum Gasteiger partial charge on any atom is 0.0981 e. The highest BCUT2D eigenvalue weighted by molar-refractivity contribution is 5.83. The molecule has 0 spiro atoms. The fourth-order valence-corrected chi connectivity index (χ4v) is 2.10. The molecule has 0 saturated carbocycles. The summed E-state index contributed by atoms with van der Waals surface area (Å²) in [6.07, 6.45) is 0.0423. The smallest absolute Gasteiger partial charge is 0.0981 e. The van der Waals surface area contributed by atoms with Crippen molar-refractivity contribution in [3.63, 3.8) is 0 Å². The van der Waals surface area contributed by atoms with Crippen LogP contribution in [0.3, 0.4) is 0 Å². The Bertz CT molecular complexity index is 520. The van der Waals surface area contributed by atoms with Crippen LogP contribution in [0.1, 0.15) is 17.3 Å². The van der Waals surface area contributed by atoms with Gasteiger partial charge in [0, 0.05) is 0 Å². The molecule has 2 aromatic carbocycles. The van der Waals surface area contributed by atoms with Gasteiger partial charge in [-0.15, -0.1) is 0 Å². The summed E-state index contributed by atoms with van der Waals surface area (Å²) in [5.41, 5.74) is 5.28. The second-order valence-electron chi connectivity index (χ2n) is 4.64. The number of fused-ring (bicyclic) bond motifs is 1. The van der Waals surface area contributed by atoms with Crippen LogP contribution in [0.5, 0.6) is 0 Å². The van der Waals surface area contributed by atoms with Gasteiger partial charge in [0.05, 0.1) is 6.17 Å². The molecule has 0 saturated heterocycles. The predicted molar refractivity (Wildman–Crippen MR) is 72.4 cm³/mol. The van der Waals surface area contributed by atoms with Crippen molar-refractivity contribution in [2.45, 2.75) is 13.1 Å². The average molecular weight is 229 g/mol. The van der Waals surface area contributed by atoms with Gasteiger partial charge in [0.2, 0.25) is 0 Å². The zero-order chi connectivity index (χ0) is 12.4. The normalized spacial score (nSPS) is 13.2. The zero-order valence-electron chi connectivity index (χ0n) is 10.6. The van der Waals surface area contributed by atoms with E-state index in [1.807, 2.05) is 14.1 Å². The first kappa shape index (κ1) is 12.0. The second-order valence-corrected chi connectivity index (χ2v) is 4.64. The molecule has 90 valence electrons. The van der Waals surface area contributed by atoms with Gasteiger partial charge in [-0.1, -0.05) is 35.9 Å². The number of hydrogen-bond donors (Lipinski definition) is 2. The van der Waals surface area contributed by atoms with Gasteiger partial charge < -0.3 is 0 Å². The largest absolute Gasteiger partial charge is 0.289 e. The van der Waals surface area contributed by atoms with Gasteiger partial charge in [-0.25, -0.2) is 5.43 Å². The van der Waals surface area contributed by atoms with Crippen molar-refractivity contribution < 1.29 is 0 Å². The number of rotatable bonds is 3. The van der Waals surface area contributed by atoms with E-state index in [-0.39, 0.29) is 6.17 Å². The molecule has 0 bridgehead atoms. The highest BCUT2D eigenvalue weighted by atomic mass is 15.4. The third-order valence-electron chi connectivity index (χ3n) is 3.01. The molecule has 3 heteroatoms. The third-order valence-corrected chi connectivity index (χ3v) is 3.01. The first-order valence-corrected chi connectivity index (χ1v) is 5.74. The van der Waals surface area contributed by atoms with Gasteiger partial charge in [0.15, 0.2) is 0 Å². The molecule has 1 unspecified atom stereocenters. The molecule has 0 aliphatic carbocycles. The van der Waals surface area contributed by atoms with Crippen LogP contribution in [0.2, 0.25) is 0 Å². The van der Waals surface area contributed by atoms with Crippen LogP contribution < -0.4 is 11.3 Å². The fraction of sp³-hybridized carbons (Fsp3) is 0.286. The topological polar surface area (TPSA) is 41.3 Å². The quantitative estimate of drug-likeness (QED) is 0.481. The van der Waals surface area contributed by atoms with E-state index in [0.717, 1.165) is 0 Å². The van der Waals surface area contributed by atoms with E-state index in [2.05, 4.69) is 53.6 Å². The van der Waals surface area contributed by atoms with Crippen LogP contribution in [-0.2, 0) is 0 Å². The highest BCUT2D eigenvalue weighted by Crippen LogP contribution is 2.22. The van der Waals surface area contributed by atoms with E-state index in [9.17, 15) is 0 Å². The summed E-state index contributed by atoms with van der Waals surface area (Å²) in [6, 6.07) is 12.9. The summed E-state index contributed by atoms with van der Waals surface area (Å²) >= 11 is 0. The van der Waals surface area contributed by atoms with E-state index in [0.29, 0.717) is 0 Å². The Morgan fingerprint density at radius 3 is 2.35 bits per heavy atom. The van der Waals surface area contributed by atoms with Crippen LogP contribution in [-0.4, -0.2) is 19.0 Å². The third kappa shape index (κ3) is 2.47. The number of aryl methyl sites for hydroxylation is 1. The molecular weight excluding hydrogens is 210 g/mol. The second kappa shape index (κ2) is 4.84. The Morgan fingerprint density at radius 2 is 1.71 bits per heavy atom. The van der Waals surface area contributed by atoms with Gasteiger partial charge in [-0.05, 0) is 43.4 Å². The Morgan fingerprint density at radius 1 is 1.06 bits per heavy atom. The molecule has 17 heavy (non-hydrogen) atoms. The lowest BCUT2D eigenvalue weighted by Gasteiger charge is -2.24. The molecule has 0 radical (unpaired) electrons. The Balaban J connectivity index is 2.47. The van der Waals surface area contributed by atoms with E-state index in [1.165, 1.54) is 21.9 Å². The predicted octanol–water partition coefficient (Wildman–Crippen LogP) is 2.17. The van der Waals surface area contributed by atoms with E-state index in [4.69, 9.17) is 5.84 Å².